The van der Waals surface area contributed by atoms with Gasteiger partial charge in [0.1, 0.15) is 17.2 Å². The topological polar surface area (TPSA) is 72.8 Å². The Kier molecular flexibility index (Phi) is 2.90. The summed E-state index contributed by atoms with van der Waals surface area (Å²) in [6.07, 6.45) is 2.36. The van der Waals surface area contributed by atoms with E-state index in [0.717, 1.165) is 6.08 Å². The molecule has 1 N–H and O–H groups in total. The lowest BCUT2D eigenvalue weighted by molar-refractivity contribution is 0.0993. The summed E-state index contributed by atoms with van der Waals surface area (Å²) in [5.74, 6) is -0.00504. The van der Waals surface area contributed by atoms with Crippen LogP contribution < -0.4 is 9.47 Å². The molecule has 1 aliphatic carbocycles. The number of carbonyl (C=O) groups is 2. The lowest BCUT2D eigenvalue weighted by atomic mass is 9.88. The molecule has 0 heterocycles. The smallest absolute Gasteiger partial charge is 0.190 e. The monoisotopic (exact) mass is 284 g/mol. The lowest BCUT2D eigenvalue weighted by Crippen LogP contribution is -2.12. The number of phenolic OH excluding ortho intramolecular Hbond substituents is 1. The van der Waals surface area contributed by atoms with Crippen molar-refractivity contribution in [3.05, 3.63) is 41.5 Å². The Morgan fingerprint density at radius 3 is 2.14 bits per heavy atom. The van der Waals surface area contributed by atoms with Crippen LogP contribution in [0.25, 0.3) is 10.8 Å². The maximum Gasteiger partial charge on any atom is 0.190 e. The molecule has 0 spiro atoms. The number of hydrogen-bond acceptors (Lipinski definition) is 5. The van der Waals surface area contributed by atoms with Gasteiger partial charge in [-0.05, 0) is 24.3 Å². The summed E-state index contributed by atoms with van der Waals surface area (Å²) in [5, 5.41) is 11.2. The molecule has 2 aromatic rings. The van der Waals surface area contributed by atoms with Crippen LogP contribution in [-0.4, -0.2) is 30.9 Å². The van der Waals surface area contributed by atoms with E-state index in [4.69, 9.17) is 9.47 Å². The number of benzene rings is 2. The second-order valence-electron chi connectivity index (χ2n) is 4.63. The zero-order valence-corrected chi connectivity index (χ0v) is 11.5. The van der Waals surface area contributed by atoms with E-state index < -0.39 is 5.78 Å². The molecule has 0 aliphatic heterocycles. The van der Waals surface area contributed by atoms with E-state index in [9.17, 15) is 14.7 Å². The van der Waals surface area contributed by atoms with Gasteiger partial charge in [-0.2, -0.15) is 0 Å². The highest BCUT2D eigenvalue weighted by molar-refractivity contribution is 6.28. The van der Waals surface area contributed by atoms with Gasteiger partial charge >= 0.3 is 0 Å². The highest BCUT2D eigenvalue weighted by atomic mass is 16.5. The number of ether oxygens (including phenoxy) is 2. The number of phenols is 1. The molecule has 0 saturated carbocycles. The largest absolute Gasteiger partial charge is 0.507 e. The van der Waals surface area contributed by atoms with Gasteiger partial charge in [0.15, 0.2) is 11.6 Å². The molecule has 5 nitrogen and oxygen atoms in total. The average Bonchev–Trinajstić information content (AvgIpc) is 2.49. The normalized spacial score (nSPS) is 13.4. The van der Waals surface area contributed by atoms with Gasteiger partial charge in [-0.3, -0.25) is 9.59 Å². The molecular formula is C16H12O5. The number of fused-ring (bicyclic) bond motifs is 3. The van der Waals surface area contributed by atoms with Crippen molar-refractivity contribution in [2.24, 2.45) is 0 Å². The number of rotatable bonds is 2. The van der Waals surface area contributed by atoms with Crippen LogP contribution in [0.15, 0.2) is 30.4 Å². The van der Waals surface area contributed by atoms with E-state index in [-0.39, 0.29) is 22.7 Å². The molecule has 0 aromatic heterocycles. The Hall–Kier alpha value is -2.82. The van der Waals surface area contributed by atoms with Crippen LogP contribution in [0.3, 0.4) is 0 Å². The van der Waals surface area contributed by atoms with Crippen LogP contribution in [0.1, 0.15) is 20.7 Å². The fraction of sp³-hybridized carbons (Fsp3) is 0.125. The van der Waals surface area contributed by atoms with Crippen LogP contribution in [0, 0.1) is 0 Å². The summed E-state index contributed by atoms with van der Waals surface area (Å²) in [6.45, 7) is 0. The third kappa shape index (κ3) is 1.86. The Balaban J connectivity index is 2.50. The van der Waals surface area contributed by atoms with Crippen LogP contribution >= 0.6 is 0 Å². The molecule has 3 rings (SSSR count). The van der Waals surface area contributed by atoms with E-state index in [1.165, 1.54) is 26.4 Å². The van der Waals surface area contributed by atoms with Crippen LogP contribution in [0.5, 0.6) is 17.2 Å². The predicted octanol–water partition coefficient (Wildman–Crippen LogP) is 2.50. The highest BCUT2D eigenvalue weighted by Gasteiger charge is 2.26. The molecule has 0 radical (unpaired) electrons. The third-order valence-electron chi connectivity index (χ3n) is 3.51. The molecule has 0 fully saturated rings. The first-order valence-electron chi connectivity index (χ1n) is 6.25. The van der Waals surface area contributed by atoms with E-state index in [2.05, 4.69) is 0 Å². The standard InChI is InChI=1S/C16H12O5/c1-20-8-5-10-9(14(6-8)21-2)7-13(19)16-12(18)4-3-11(17)15(10)16/h3-7,19H,1-2H3. The fourth-order valence-corrected chi connectivity index (χ4v) is 2.54. The van der Waals surface area contributed by atoms with Crippen molar-refractivity contribution >= 4 is 22.3 Å². The molecule has 0 saturated heterocycles. The van der Waals surface area contributed by atoms with E-state index in [0.29, 0.717) is 22.3 Å². The molecule has 0 atom stereocenters. The minimum atomic E-state index is -0.397. The minimum absolute atomic E-state index is 0.0188. The van der Waals surface area contributed by atoms with E-state index >= 15 is 0 Å². The van der Waals surface area contributed by atoms with Gasteiger partial charge in [-0.15, -0.1) is 0 Å². The van der Waals surface area contributed by atoms with Gasteiger partial charge < -0.3 is 14.6 Å². The number of hydrogen-bond donors (Lipinski definition) is 1. The summed E-state index contributed by atoms with van der Waals surface area (Å²) in [4.78, 5) is 24.1. The summed E-state index contributed by atoms with van der Waals surface area (Å²) in [5.41, 5.74) is 0.194. The van der Waals surface area contributed by atoms with Crippen LogP contribution in [0.2, 0.25) is 0 Å². The number of allylic oxidation sites excluding steroid dienone is 2. The first kappa shape index (κ1) is 13.2. The zero-order chi connectivity index (χ0) is 15.1. The Morgan fingerprint density at radius 1 is 0.857 bits per heavy atom. The molecule has 0 unspecified atom stereocenters. The van der Waals surface area contributed by atoms with Crippen molar-refractivity contribution in [2.45, 2.75) is 0 Å². The fourth-order valence-electron chi connectivity index (χ4n) is 2.54. The van der Waals surface area contributed by atoms with Crippen molar-refractivity contribution in [3.8, 4) is 17.2 Å². The zero-order valence-electron chi connectivity index (χ0n) is 11.5. The summed E-state index contributed by atoms with van der Waals surface area (Å²) < 4.78 is 10.5. The molecule has 21 heavy (non-hydrogen) atoms. The summed E-state index contributed by atoms with van der Waals surface area (Å²) >= 11 is 0. The number of methoxy groups -OCH3 is 2. The van der Waals surface area contributed by atoms with Crippen molar-refractivity contribution in [2.75, 3.05) is 14.2 Å². The van der Waals surface area contributed by atoms with Gasteiger partial charge in [-0.25, -0.2) is 0 Å². The molecule has 1 aliphatic rings. The maximum atomic E-state index is 12.2. The summed E-state index contributed by atoms with van der Waals surface area (Å²) in [6, 6.07) is 4.73. The summed E-state index contributed by atoms with van der Waals surface area (Å²) in [7, 11) is 2.98. The van der Waals surface area contributed by atoms with E-state index in [1.807, 2.05) is 0 Å². The number of carbonyl (C=O) groups excluding carboxylic acids is 2. The van der Waals surface area contributed by atoms with Gasteiger partial charge in [0.2, 0.25) is 0 Å². The second kappa shape index (κ2) is 4.63. The average molecular weight is 284 g/mol. The first-order chi connectivity index (χ1) is 10.1. The van der Waals surface area contributed by atoms with E-state index in [1.54, 1.807) is 12.1 Å². The van der Waals surface area contributed by atoms with Crippen molar-refractivity contribution in [3.63, 3.8) is 0 Å². The molecule has 0 bridgehead atoms. The third-order valence-corrected chi connectivity index (χ3v) is 3.51. The quantitative estimate of drug-likeness (QED) is 0.917. The van der Waals surface area contributed by atoms with Crippen molar-refractivity contribution in [1.29, 1.82) is 0 Å². The van der Waals surface area contributed by atoms with Crippen LogP contribution in [-0.2, 0) is 0 Å². The molecule has 5 heteroatoms. The van der Waals surface area contributed by atoms with Crippen LogP contribution in [0.4, 0.5) is 0 Å². The highest BCUT2D eigenvalue weighted by Crippen LogP contribution is 2.39. The second-order valence-corrected chi connectivity index (χ2v) is 4.63. The molecule has 106 valence electrons. The molecule has 2 aromatic carbocycles. The Morgan fingerprint density at radius 2 is 1.52 bits per heavy atom. The first-order valence-corrected chi connectivity index (χ1v) is 6.25. The van der Waals surface area contributed by atoms with Gasteiger partial charge in [0.05, 0.1) is 19.8 Å². The number of ketones is 2. The SMILES string of the molecule is COc1cc(OC)c2cc(O)c3c(c2c1)C(=O)C=CC3=O. The van der Waals surface area contributed by atoms with Crippen molar-refractivity contribution < 1.29 is 24.2 Å². The maximum absolute atomic E-state index is 12.2. The predicted molar refractivity (Wildman–Crippen MR) is 76.5 cm³/mol. The minimum Gasteiger partial charge on any atom is -0.507 e. The van der Waals surface area contributed by atoms with Crippen molar-refractivity contribution in [1.82, 2.24) is 0 Å². The number of aromatic hydroxyl groups is 1. The Labute approximate surface area is 120 Å². The molecular weight excluding hydrogens is 272 g/mol. The van der Waals surface area contributed by atoms with Gasteiger partial charge in [-0.1, -0.05) is 0 Å². The molecule has 0 amide bonds. The van der Waals surface area contributed by atoms with Gasteiger partial charge in [0.25, 0.3) is 0 Å². The lowest BCUT2D eigenvalue weighted by Gasteiger charge is -2.16. The van der Waals surface area contributed by atoms with Gasteiger partial charge in [0, 0.05) is 22.4 Å². The Bertz CT molecular complexity index is 817.